The molecule has 0 atom stereocenters. The number of urea groups is 1. The van der Waals surface area contributed by atoms with Gasteiger partial charge in [-0.15, -0.1) is 0 Å². The number of nitrogens with one attached hydrogen (secondary N) is 1. The van der Waals surface area contributed by atoms with Gasteiger partial charge in [0.25, 0.3) is 0 Å². The number of aliphatic hydroxyl groups is 1. The standard InChI is InChI=1S/C14H22N2O3/c1-4-16(7-8-17)14(18)15-10-19-13-6-5-11(2)9-12(13)3/h5-6,9,17H,4,7-8,10H2,1-3H3,(H,15,18). The summed E-state index contributed by atoms with van der Waals surface area (Å²) < 4.78 is 5.51. The summed E-state index contributed by atoms with van der Waals surface area (Å²) >= 11 is 0. The topological polar surface area (TPSA) is 61.8 Å². The van der Waals surface area contributed by atoms with Crippen LogP contribution in [0.1, 0.15) is 18.1 Å². The number of carbonyl (C=O) groups is 1. The summed E-state index contributed by atoms with van der Waals surface area (Å²) in [6, 6.07) is 5.65. The fourth-order valence-corrected chi connectivity index (χ4v) is 1.77. The number of hydrogen-bond acceptors (Lipinski definition) is 3. The minimum absolute atomic E-state index is 0.0425. The van der Waals surface area contributed by atoms with Crippen molar-refractivity contribution < 1.29 is 14.6 Å². The lowest BCUT2D eigenvalue weighted by Gasteiger charge is -2.20. The Bertz CT molecular complexity index is 421. The van der Waals surface area contributed by atoms with Gasteiger partial charge >= 0.3 is 6.03 Å². The van der Waals surface area contributed by atoms with E-state index in [1.807, 2.05) is 39.0 Å². The van der Waals surface area contributed by atoms with Crippen LogP contribution in [-0.2, 0) is 0 Å². The highest BCUT2D eigenvalue weighted by Crippen LogP contribution is 2.18. The second kappa shape index (κ2) is 7.63. The molecule has 0 aliphatic heterocycles. The van der Waals surface area contributed by atoms with Crippen molar-refractivity contribution >= 4 is 6.03 Å². The molecule has 0 bridgehead atoms. The third kappa shape index (κ3) is 4.79. The molecule has 0 aliphatic carbocycles. The van der Waals surface area contributed by atoms with Crippen LogP contribution in [0.2, 0.25) is 0 Å². The number of amides is 2. The lowest BCUT2D eigenvalue weighted by molar-refractivity contribution is 0.170. The van der Waals surface area contributed by atoms with E-state index in [9.17, 15) is 4.79 Å². The minimum atomic E-state index is -0.235. The molecular formula is C14H22N2O3. The van der Waals surface area contributed by atoms with Crippen molar-refractivity contribution in [3.8, 4) is 5.75 Å². The normalized spacial score (nSPS) is 10.1. The molecule has 1 aromatic rings. The zero-order valence-corrected chi connectivity index (χ0v) is 11.8. The van der Waals surface area contributed by atoms with Crippen molar-refractivity contribution in [2.75, 3.05) is 26.4 Å². The second-order valence-corrected chi connectivity index (χ2v) is 4.34. The molecule has 0 saturated carbocycles. The molecule has 19 heavy (non-hydrogen) atoms. The third-order valence-electron chi connectivity index (χ3n) is 2.82. The summed E-state index contributed by atoms with van der Waals surface area (Å²) in [6.45, 7) is 6.80. The van der Waals surface area contributed by atoms with Gasteiger partial charge in [-0.1, -0.05) is 17.7 Å². The lowest BCUT2D eigenvalue weighted by Crippen LogP contribution is -2.42. The van der Waals surface area contributed by atoms with Crippen molar-refractivity contribution in [1.82, 2.24) is 10.2 Å². The van der Waals surface area contributed by atoms with Crippen LogP contribution in [0.15, 0.2) is 18.2 Å². The Balaban J connectivity index is 2.43. The number of nitrogens with zero attached hydrogens (tertiary/aromatic N) is 1. The number of aliphatic hydroxyl groups excluding tert-OH is 1. The first-order chi connectivity index (χ1) is 9.08. The van der Waals surface area contributed by atoms with Crippen LogP contribution >= 0.6 is 0 Å². The van der Waals surface area contributed by atoms with Gasteiger partial charge in [0.15, 0.2) is 6.73 Å². The highest BCUT2D eigenvalue weighted by atomic mass is 16.5. The van der Waals surface area contributed by atoms with Gasteiger partial charge in [0, 0.05) is 13.1 Å². The average molecular weight is 266 g/mol. The van der Waals surface area contributed by atoms with E-state index in [0.29, 0.717) is 13.1 Å². The van der Waals surface area contributed by atoms with Crippen LogP contribution in [-0.4, -0.2) is 42.5 Å². The molecule has 0 heterocycles. The molecule has 0 aliphatic rings. The Labute approximate surface area is 114 Å². The molecule has 2 N–H and O–H groups in total. The SMILES string of the molecule is CCN(CCO)C(=O)NCOc1ccc(C)cc1C. The first-order valence-corrected chi connectivity index (χ1v) is 6.42. The van der Waals surface area contributed by atoms with Crippen LogP contribution in [0, 0.1) is 13.8 Å². The molecule has 1 rings (SSSR count). The molecule has 0 fully saturated rings. The summed E-state index contributed by atoms with van der Waals surface area (Å²) in [7, 11) is 0. The van der Waals surface area contributed by atoms with E-state index in [-0.39, 0.29) is 19.4 Å². The molecule has 5 nitrogen and oxygen atoms in total. The predicted molar refractivity (Wildman–Crippen MR) is 74.3 cm³/mol. The molecule has 0 saturated heterocycles. The highest BCUT2D eigenvalue weighted by molar-refractivity contribution is 5.73. The van der Waals surface area contributed by atoms with Gasteiger partial charge in [-0.3, -0.25) is 0 Å². The largest absolute Gasteiger partial charge is 0.473 e. The Morgan fingerprint density at radius 2 is 2.16 bits per heavy atom. The predicted octanol–water partition coefficient (Wildman–Crippen LogP) is 1.66. The van der Waals surface area contributed by atoms with Gasteiger partial charge in [-0.2, -0.15) is 0 Å². The third-order valence-corrected chi connectivity index (χ3v) is 2.82. The quantitative estimate of drug-likeness (QED) is 0.770. The van der Waals surface area contributed by atoms with E-state index >= 15 is 0 Å². The number of rotatable bonds is 6. The number of aryl methyl sites for hydroxylation is 2. The van der Waals surface area contributed by atoms with Gasteiger partial charge < -0.3 is 20.1 Å². The maximum atomic E-state index is 11.7. The molecule has 5 heteroatoms. The second-order valence-electron chi connectivity index (χ2n) is 4.34. The Kier molecular flexibility index (Phi) is 6.15. The van der Waals surface area contributed by atoms with E-state index in [2.05, 4.69) is 5.32 Å². The fourth-order valence-electron chi connectivity index (χ4n) is 1.77. The molecule has 106 valence electrons. The first kappa shape index (κ1) is 15.3. The van der Waals surface area contributed by atoms with Crippen LogP contribution in [0.3, 0.4) is 0 Å². The lowest BCUT2D eigenvalue weighted by atomic mass is 10.1. The molecule has 1 aromatic carbocycles. The van der Waals surface area contributed by atoms with Crippen LogP contribution in [0.4, 0.5) is 4.79 Å². The number of likely N-dealkylation sites (N-methyl/N-ethyl adjacent to an activating group) is 1. The van der Waals surface area contributed by atoms with E-state index in [0.717, 1.165) is 11.3 Å². The van der Waals surface area contributed by atoms with Crippen LogP contribution < -0.4 is 10.1 Å². The maximum Gasteiger partial charge on any atom is 0.320 e. The van der Waals surface area contributed by atoms with Gasteiger partial charge in [0.1, 0.15) is 5.75 Å². The molecule has 0 radical (unpaired) electrons. The molecule has 0 aromatic heterocycles. The van der Waals surface area contributed by atoms with Crippen molar-refractivity contribution in [2.24, 2.45) is 0 Å². The zero-order valence-electron chi connectivity index (χ0n) is 11.8. The number of benzene rings is 1. The highest BCUT2D eigenvalue weighted by Gasteiger charge is 2.10. The van der Waals surface area contributed by atoms with Crippen molar-refractivity contribution in [2.45, 2.75) is 20.8 Å². The number of carbonyl (C=O) groups excluding carboxylic acids is 1. The van der Waals surface area contributed by atoms with E-state index in [1.54, 1.807) is 0 Å². The molecule has 0 spiro atoms. The smallest absolute Gasteiger partial charge is 0.320 e. The monoisotopic (exact) mass is 266 g/mol. The van der Waals surface area contributed by atoms with Gasteiger partial charge in [0.05, 0.1) is 6.61 Å². The molecule has 2 amide bonds. The first-order valence-electron chi connectivity index (χ1n) is 6.42. The fraction of sp³-hybridized carbons (Fsp3) is 0.500. The van der Waals surface area contributed by atoms with E-state index in [4.69, 9.17) is 9.84 Å². The van der Waals surface area contributed by atoms with Gasteiger partial charge in [0.2, 0.25) is 0 Å². The summed E-state index contributed by atoms with van der Waals surface area (Å²) in [6.07, 6.45) is 0. The Morgan fingerprint density at radius 3 is 2.74 bits per heavy atom. The van der Waals surface area contributed by atoms with Crippen molar-refractivity contribution in [1.29, 1.82) is 0 Å². The average Bonchev–Trinajstić information content (AvgIpc) is 2.38. The minimum Gasteiger partial charge on any atom is -0.473 e. The summed E-state index contributed by atoms with van der Waals surface area (Å²) in [4.78, 5) is 13.2. The van der Waals surface area contributed by atoms with Gasteiger partial charge in [-0.25, -0.2) is 4.79 Å². The Morgan fingerprint density at radius 1 is 1.42 bits per heavy atom. The Hall–Kier alpha value is -1.75. The van der Waals surface area contributed by atoms with E-state index in [1.165, 1.54) is 10.5 Å². The molecular weight excluding hydrogens is 244 g/mol. The maximum absolute atomic E-state index is 11.7. The van der Waals surface area contributed by atoms with E-state index < -0.39 is 0 Å². The van der Waals surface area contributed by atoms with Crippen LogP contribution in [0.25, 0.3) is 0 Å². The molecule has 0 unspecified atom stereocenters. The van der Waals surface area contributed by atoms with Crippen molar-refractivity contribution in [3.63, 3.8) is 0 Å². The summed E-state index contributed by atoms with van der Waals surface area (Å²) in [5.41, 5.74) is 2.21. The zero-order chi connectivity index (χ0) is 14.3. The van der Waals surface area contributed by atoms with Crippen molar-refractivity contribution in [3.05, 3.63) is 29.3 Å². The summed E-state index contributed by atoms with van der Waals surface area (Å²) in [5, 5.41) is 11.5. The number of hydrogen-bond donors (Lipinski definition) is 2. The van der Waals surface area contributed by atoms with Crippen LogP contribution in [0.5, 0.6) is 5.75 Å². The van der Waals surface area contributed by atoms with Gasteiger partial charge in [-0.05, 0) is 32.4 Å². The summed E-state index contributed by atoms with van der Waals surface area (Å²) in [5.74, 6) is 0.760. The number of ether oxygens (including phenoxy) is 1.